The van der Waals surface area contributed by atoms with E-state index < -0.39 is 0 Å². The van der Waals surface area contributed by atoms with Crippen LogP contribution < -0.4 is 21.2 Å². The van der Waals surface area contributed by atoms with Gasteiger partial charge in [0.05, 0.1) is 0 Å². The second-order valence-corrected chi connectivity index (χ2v) is 6.03. The van der Waals surface area contributed by atoms with Crippen LogP contribution in [0.25, 0.3) is 0 Å². The molecular weight excluding hydrogens is 509 g/mol. The van der Waals surface area contributed by atoms with Gasteiger partial charge in [0.25, 0.3) is 0 Å². The quantitative estimate of drug-likeness (QED) is 0.213. The van der Waals surface area contributed by atoms with Gasteiger partial charge in [0.2, 0.25) is 0 Å². The van der Waals surface area contributed by atoms with Crippen LogP contribution in [-0.2, 0) is 0 Å². The third kappa shape index (κ3) is 6.01. The van der Waals surface area contributed by atoms with Gasteiger partial charge in [-0.3, -0.25) is 0 Å². The molecule has 0 spiro atoms. The Morgan fingerprint density at radius 1 is 1.64 bits per heavy atom. The Hall–Kier alpha value is 1.30. The molecule has 0 aliphatic heterocycles. The molecular formula is C12H19IU-2. The minimum absolute atomic E-state index is 0. The summed E-state index contributed by atoms with van der Waals surface area (Å²) in [6, 6.07) is 0. The molecule has 0 amide bonds. The fourth-order valence-corrected chi connectivity index (χ4v) is 2.45. The van der Waals surface area contributed by atoms with Crippen LogP contribution in [0.2, 0.25) is 0 Å². The molecule has 0 bridgehead atoms. The number of hydrogen-bond acceptors (Lipinski definition) is 0. The summed E-state index contributed by atoms with van der Waals surface area (Å²) < 4.78 is 1.29. The van der Waals surface area contributed by atoms with E-state index in [2.05, 4.69) is 23.7 Å². The largest absolute Gasteiger partial charge is 0 e. The monoisotopic (exact) mass is 528 g/mol. The van der Waals surface area contributed by atoms with Gasteiger partial charge in [0.1, 0.15) is 0 Å². The first-order chi connectivity index (χ1) is 6.36. The zero-order chi connectivity index (χ0) is 9.52. The second kappa shape index (κ2) is 9.52. The average molecular weight is 528 g/mol. The number of halogens is 1. The second-order valence-electron chi connectivity index (χ2n) is 3.62. The van der Waals surface area contributed by atoms with Gasteiger partial charge < -0.3 is 0 Å². The Labute approximate surface area is 123 Å². The van der Waals surface area contributed by atoms with Crippen LogP contribution in [0.1, 0.15) is 32.1 Å². The molecule has 14 heavy (non-hydrogen) atoms. The van der Waals surface area contributed by atoms with Crippen LogP contribution in [0.15, 0.2) is 17.4 Å². The summed E-state index contributed by atoms with van der Waals surface area (Å²) in [5, 5.41) is 0. The zero-order valence-corrected chi connectivity index (χ0v) is 15.3. The van der Waals surface area contributed by atoms with Gasteiger partial charge >= 0.3 is 92.9 Å². The molecule has 0 heterocycles. The van der Waals surface area contributed by atoms with Crippen LogP contribution in [0, 0.1) is 44.0 Å². The molecule has 1 atom stereocenters. The van der Waals surface area contributed by atoms with Crippen molar-refractivity contribution in [2.24, 2.45) is 5.92 Å². The molecule has 0 N–H and O–H groups in total. The molecule has 2 heteroatoms. The van der Waals surface area contributed by atoms with Crippen LogP contribution in [0.3, 0.4) is 0 Å². The van der Waals surface area contributed by atoms with Crippen molar-refractivity contribution >= 4 is 0 Å². The standard InChI is InChI=1S/C12H19I.U/c1-3-11-6-4-7-12(10-11)8-5-9-13-2;/h5,11H,1,3-4,6-7,9-10H2,2H3;/q-2;. The SMILES string of the molecule is [CH2-]CC1CCCC(=C=CC[I-]C)C1.[U]. The summed E-state index contributed by atoms with van der Waals surface area (Å²) in [7, 11) is 0. The predicted octanol–water partition coefficient (Wildman–Crippen LogP) is 0.201. The van der Waals surface area contributed by atoms with Crippen molar-refractivity contribution < 1.29 is 52.3 Å². The number of hydrogen-bond donors (Lipinski definition) is 0. The van der Waals surface area contributed by atoms with Crippen LogP contribution in [-0.4, -0.2) is 9.36 Å². The molecule has 0 aromatic heterocycles. The van der Waals surface area contributed by atoms with E-state index >= 15 is 0 Å². The zero-order valence-electron chi connectivity index (χ0n) is 8.98. The Balaban J connectivity index is 0.00000169. The molecule has 0 aromatic carbocycles. The minimum atomic E-state index is 0. The Kier molecular flexibility index (Phi) is 10.4. The summed E-state index contributed by atoms with van der Waals surface area (Å²) in [5.41, 5.74) is 5.03. The van der Waals surface area contributed by atoms with Crippen molar-refractivity contribution in [2.45, 2.75) is 32.1 Å². The predicted molar refractivity (Wildman–Crippen MR) is 54.3 cm³/mol. The van der Waals surface area contributed by atoms with E-state index in [1.165, 1.54) is 30.1 Å². The molecule has 1 rings (SSSR count). The minimum Gasteiger partial charge on any atom is 0 e. The van der Waals surface area contributed by atoms with Crippen molar-refractivity contribution in [1.29, 1.82) is 0 Å². The summed E-state index contributed by atoms with van der Waals surface area (Å²) in [5.74, 6) is 0.848. The topological polar surface area (TPSA) is 0 Å². The molecule has 1 aliphatic rings. The van der Waals surface area contributed by atoms with Gasteiger partial charge in [0, 0.05) is 31.1 Å². The van der Waals surface area contributed by atoms with E-state index in [0.717, 1.165) is 12.3 Å². The summed E-state index contributed by atoms with van der Waals surface area (Å²) >= 11 is 0.420. The third-order valence-electron chi connectivity index (χ3n) is 2.57. The summed E-state index contributed by atoms with van der Waals surface area (Å²) in [4.78, 5) is 2.32. The number of allylic oxidation sites excluding steroid dienone is 1. The first-order valence-electron chi connectivity index (χ1n) is 5.02. The van der Waals surface area contributed by atoms with Crippen LogP contribution >= 0.6 is 0 Å². The van der Waals surface area contributed by atoms with Crippen molar-refractivity contribution in [1.82, 2.24) is 0 Å². The molecule has 1 unspecified atom stereocenters. The first-order valence-corrected chi connectivity index (χ1v) is 8.71. The van der Waals surface area contributed by atoms with E-state index in [1.807, 2.05) is 0 Å². The third-order valence-corrected chi connectivity index (χ3v) is 3.89. The summed E-state index contributed by atoms with van der Waals surface area (Å²) in [6.07, 6.45) is 8.66. The van der Waals surface area contributed by atoms with E-state index in [0.29, 0.717) is 21.2 Å². The fraction of sp³-hybridized carbons (Fsp3) is 0.667. The van der Waals surface area contributed by atoms with E-state index in [1.54, 1.807) is 5.57 Å². The normalized spacial score (nSPS) is 21.3. The molecule has 80 valence electrons. The maximum absolute atomic E-state index is 3.99. The van der Waals surface area contributed by atoms with E-state index in [-0.39, 0.29) is 31.1 Å². The van der Waals surface area contributed by atoms with E-state index in [4.69, 9.17) is 0 Å². The van der Waals surface area contributed by atoms with Crippen molar-refractivity contribution in [3.63, 3.8) is 0 Å². The number of rotatable bonds is 3. The molecule has 0 radical (unpaired) electrons. The smallest absolute Gasteiger partial charge is 0 e. The Morgan fingerprint density at radius 2 is 2.43 bits per heavy atom. The van der Waals surface area contributed by atoms with E-state index in [9.17, 15) is 0 Å². The van der Waals surface area contributed by atoms with Gasteiger partial charge in [-0.2, -0.15) is 0 Å². The molecule has 0 saturated heterocycles. The van der Waals surface area contributed by atoms with Gasteiger partial charge in [0.15, 0.2) is 0 Å². The van der Waals surface area contributed by atoms with Crippen molar-refractivity contribution in [3.8, 4) is 0 Å². The molecule has 1 aliphatic carbocycles. The van der Waals surface area contributed by atoms with Gasteiger partial charge in [-0.1, -0.05) is 0 Å². The molecule has 1 saturated carbocycles. The van der Waals surface area contributed by atoms with Crippen molar-refractivity contribution in [3.05, 3.63) is 24.3 Å². The Morgan fingerprint density at radius 3 is 3.07 bits per heavy atom. The molecule has 0 aromatic rings. The molecule has 0 nitrogen and oxygen atoms in total. The maximum Gasteiger partial charge on any atom is 0 e. The first kappa shape index (κ1) is 15.3. The number of alkyl halides is 2. The Bertz CT molecular complexity index is 204. The fourth-order valence-electron chi connectivity index (χ4n) is 1.79. The van der Waals surface area contributed by atoms with Crippen LogP contribution in [0.4, 0.5) is 0 Å². The maximum atomic E-state index is 3.99. The summed E-state index contributed by atoms with van der Waals surface area (Å²) in [6.45, 7) is 3.99. The van der Waals surface area contributed by atoms with Gasteiger partial charge in [-0.05, 0) is 0 Å². The van der Waals surface area contributed by atoms with Crippen LogP contribution in [0.5, 0.6) is 0 Å². The van der Waals surface area contributed by atoms with Gasteiger partial charge in [-0.25, -0.2) is 0 Å². The molecule has 1 fully saturated rings. The van der Waals surface area contributed by atoms with Crippen molar-refractivity contribution in [2.75, 3.05) is 9.36 Å². The average Bonchev–Trinajstić information content (AvgIpc) is 2.19. The van der Waals surface area contributed by atoms with Gasteiger partial charge in [-0.15, -0.1) is 0 Å².